The van der Waals surface area contributed by atoms with Gasteiger partial charge in [0.25, 0.3) is 5.69 Å². The molecule has 19 heavy (non-hydrogen) atoms. The number of hydrogen-bond donors (Lipinski definition) is 2. The summed E-state index contributed by atoms with van der Waals surface area (Å²) in [6.45, 7) is 1.62. The molecule has 0 aliphatic heterocycles. The van der Waals surface area contributed by atoms with Gasteiger partial charge in [0.2, 0.25) is 10.0 Å². The van der Waals surface area contributed by atoms with E-state index in [1.165, 1.54) is 19.1 Å². The summed E-state index contributed by atoms with van der Waals surface area (Å²) in [5.41, 5.74) is -0.112. The minimum absolute atomic E-state index is 0.0216. The lowest BCUT2D eigenvalue weighted by Gasteiger charge is -2.09. The monoisotopic (exact) mass is 288 g/mol. The van der Waals surface area contributed by atoms with Crippen LogP contribution < -0.4 is 4.72 Å². The van der Waals surface area contributed by atoms with Crippen LogP contribution in [0.25, 0.3) is 0 Å². The third kappa shape index (κ3) is 3.98. The Morgan fingerprint density at radius 3 is 2.63 bits per heavy atom. The summed E-state index contributed by atoms with van der Waals surface area (Å²) in [4.78, 5) is 9.86. The van der Waals surface area contributed by atoms with E-state index in [2.05, 4.69) is 4.72 Å². The predicted molar refractivity (Wildman–Crippen MR) is 69.3 cm³/mol. The minimum Gasteiger partial charge on any atom is -0.396 e. The minimum atomic E-state index is -3.92. The van der Waals surface area contributed by atoms with Gasteiger partial charge < -0.3 is 5.11 Å². The van der Waals surface area contributed by atoms with Crippen molar-refractivity contribution in [1.29, 1.82) is 0 Å². The molecule has 0 aromatic heterocycles. The summed E-state index contributed by atoms with van der Waals surface area (Å²) in [7, 11) is -3.92. The van der Waals surface area contributed by atoms with Crippen molar-refractivity contribution in [1.82, 2.24) is 4.72 Å². The molecule has 1 rings (SSSR count). The first-order valence-corrected chi connectivity index (χ1v) is 7.23. The molecule has 0 atom stereocenters. The molecule has 7 nitrogen and oxygen atoms in total. The lowest BCUT2D eigenvalue weighted by atomic mass is 10.2. The zero-order valence-electron chi connectivity index (χ0n) is 10.5. The Morgan fingerprint density at radius 2 is 2.05 bits per heavy atom. The topological polar surface area (TPSA) is 110 Å². The van der Waals surface area contributed by atoms with Crippen molar-refractivity contribution in [3.05, 3.63) is 33.9 Å². The van der Waals surface area contributed by atoms with Crippen LogP contribution in [0.1, 0.15) is 18.4 Å². The molecule has 0 aliphatic carbocycles. The van der Waals surface area contributed by atoms with E-state index in [9.17, 15) is 18.5 Å². The summed E-state index contributed by atoms with van der Waals surface area (Å²) in [5.74, 6) is 0. The van der Waals surface area contributed by atoms with Crippen LogP contribution in [0, 0.1) is 17.0 Å². The molecule has 0 aliphatic rings. The molecule has 0 radical (unpaired) electrons. The number of aliphatic hydroxyl groups is 1. The quantitative estimate of drug-likeness (QED) is 0.441. The number of unbranched alkanes of at least 4 members (excludes halogenated alkanes) is 1. The van der Waals surface area contributed by atoms with Crippen molar-refractivity contribution in [2.45, 2.75) is 24.7 Å². The van der Waals surface area contributed by atoms with E-state index >= 15 is 0 Å². The lowest BCUT2D eigenvalue weighted by Crippen LogP contribution is -2.26. The molecule has 0 unspecified atom stereocenters. The number of nitro benzene ring substituents is 1. The second-order valence-corrected chi connectivity index (χ2v) is 5.71. The number of benzene rings is 1. The molecule has 1 aromatic rings. The van der Waals surface area contributed by atoms with Gasteiger partial charge in [0.05, 0.1) is 4.92 Å². The Bertz CT molecular complexity index is 556. The van der Waals surface area contributed by atoms with Gasteiger partial charge in [-0.1, -0.05) is 12.1 Å². The average molecular weight is 288 g/mol. The van der Waals surface area contributed by atoms with Crippen molar-refractivity contribution < 1.29 is 18.4 Å². The van der Waals surface area contributed by atoms with E-state index in [0.29, 0.717) is 18.4 Å². The number of hydrogen-bond acceptors (Lipinski definition) is 5. The number of nitrogens with zero attached hydrogens (tertiary/aromatic N) is 1. The number of nitro groups is 1. The highest BCUT2D eigenvalue weighted by molar-refractivity contribution is 7.89. The highest BCUT2D eigenvalue weighted by Gasteiger charge is 2.27. The molecule has 2 N–H and O–H groups in total. The maximum absolute atomic E-state index is 12.1. The van der Waals surface area contributed by atoms with E-state index in [-0.39, 0.29) is 18.0 Å². The Morgan fingerprint density at radius 1 is 1.37 bits per heavy atom. The molecule has 0 bridgehead atoms. The normalized spacial score (nSPS) is 11.5. The third-order valence-corrected chi connectivity index (χ3v) is 4.19. The van der Waals surface area contributed by atoms with Gasteiger partial charge in [-0.25, -0.2) is 13.1 Å². The zero-order valence-corrected chi connectivity index (χ0v) is 11.3. The Balaban J connectivity index is 3.04. The van der Waals surface area contributed by atoms with Gasteiger partial charge in [0.15, 0.2) is 4.90 Å². The summed E-state index contributed by atoms with van der Waals surface area (Å²) < 4.78 is 26.4. The fraction of sp³-hybridized carbons (Fsp3) is 0.455. The van der Waals surface area contributed by atoms with Crippen LogP contribution in [-0.4, -0.2) is 31.6 Å². The molecule has 0 spiro atoms. The molecular formula is C11H16N2O5S. The van der Waals surface area contributed by atoms with Crippen LogP contribution >= 0.6 is 0 Å². The first kappa shape index (κ1) is 15.5. The molecule has 0 heterocycles. The van der Waals surface area contributed by atoms with Crippen molar-refractivity contribution in [2.24, 2.45) is 0 Å². The molecule has 0 saturated heterocycles. The largest absolute Gasteiger partial charge is 0.396 e. The van der Waals surface area contributed by atoms with Crippen molar-refractivity contribution in [3.8, 4) is 0 Å². The van der Waals surface area contributed by atoms with E-state index in [4.69, 9.17) is 5.11 Å². The van der Waals surface area contributed by atoms with E-state index in [1.807, 2.05) is 0 Å². The SMILES string of the molecule is Cc1cccc([N+](=O)[O-])c1S(=O)(=O)NCCCCO. The van der Waals surface area contributed by atoms with Crippen LogP contribution in [0.2, 0.25) is 0 Å². The third-order valence-electron chi connectivity index (χ3n) is 2.53. The van der Waals surface area contributed by atoms with Gasteiger partial charge in [-0.3, -0.25) is 10.1 Å². The number of aliphatic hydroxyl groups excluding tert-OH is 1. The molecule has 0 saturated carbocycles. The molecule has 1 aromatic carbocycles. The number of aryl methyl sites for hydroxylation is 1. The van der Waals surface area contributed by atoms with Crippen LogP contribution in [-0.2, 0) is 10.0 Å². The number of rotatable bonds is 7. The fourth-order valence-electron chi connectivity index (χ4n) is 1.65. The van der Waals surface area contributed by atoms with Gasteiger partial charge in [-0.2, -0.15) is 0 Å². The second-order valence-electron chi connectivity index (χ2n) is 4.01. The summed E-state index contributed by atoms with van der Waals surface area (Å²) >= 11 is 0. The van der Waals surface area contributed by atoms with Crippen LogP contribution in [0.15, 0.2) is 23.1 Å². The van der Waals surface area contributed by atoms with Crippen LogP contribution in [0.5, 0.6) is 0 Å². The molecule has 106 valence electrons. The van der Waals surface area contributed by atoms with Gasteiger partial charge in [-0.05, 0) is 25.3 Å². The second kappa shape index (κ2) is 6.60. The maximum Gasteiger partial charge on any atom is 0.289 e. The van der Waals surface area contributed by atoms with E-state index < -0.39 is 20.6 Å². The van der Waals surface area contributed by atoms with Crippen molar-refractivity contribution >= 4 is 15.7 Å². The Hall–Kier alpha value is -1.51. The molecule has 0 fully saturated rings. The van der Waals surface area contributed by atoms with Gasteiger partial charge >= 0.3 is 0 Å². The van der Waals surface area contributed by atoms with Gasteiger partial charge in [0.1, 0.15) is 0 Å². The lowest BCUT2D eigenvalue weighted by molar-refractivity contribution is -0.387. The zero-order chi connectivity index (χ0) is 14.5. The predicted octanol–water partition coefficient (Wildman–Crippen LogP) is 0.954. The van der Waals surface area contributed by atoms with E-state index in [0.717, 1.165) is 6.07 Å². The van der Waals surface area contributed by atoms with Crippen molar-refractivity contribution in [2.75, 3.05) is 13.2 Å². The maximum atomic E-state index is 12.1. The first-order chi connectivity index (χ1) is 8.90. The van der Waals surface area contributed by atoms with Crippen molar-refractivity contribution in [3.63, 3.8) is 0 Å². The van der Waals surface area contributed by atoms with Crippen LogP contribution in [0.4, 0.5) is 5.69 Å². The summed E-state index contributed by atoms with van der Waals surface area (Å²) in [5, 5.41) is 19.5. The van der Waals surface area contributed by atoms with Gasteiger partial charge in [-0.15, -0.1) is 0 Å². The molecule has 8 heteroatoms. The van der Waals surface area contributed by atoms with Crippen LogP contribution in [0.3, 0.4) is 0 Å². The number of nitrogens with one attached hydrogen (secondary N) is 1. The number of sulfonamides is 1. The highest BCUT2D eigenvalue weighted by Crippen LogP contribution is 2.26. The molecular weight excluding hydrogens is 272 g/mol. The highest BCUT2D eigenvalue weighted by atomic mass is 32.2. The first-order valence-electron chi connectivity index (χ1n) is 5.74. The summed E-state index contributed by atoms with van der Waals surface area (Å²) in [6, 6.07) is 4.11. The Kier molecular flexibility index (Phi) is 5.40. The Labute approximate surface area is 111 Å². The average Bonchev–Trinajstić information content (AvgIpc) is 2.34. The standard InChI is InChI=1S/C11H16N2O5S/c1-9-5-4-6-10(13(15)16)11(9)19(17,18)12-7-2-3-8-14/h4-6,12,14H,2-3,7-8H2,1H3. The van der Waals surface area contributed by atoms with Gasteiger partial charge in [0, 0.05) is 19.2 Å². The molecule has 0 amide bonds. The fourth-order valence-corrected chi connectivity index (χ4v) is 3.11. The summed E-state index contributed by atoms with van der Waals surface area (Å²) in [6.07, 6.45) is 0.938. The smallest absolute Gasteiger partial charge is 0.289 e. The van der Waals surface area contributed by atoms with E-state index in [1.54, 1.807) is 0 Å².